The molecule has 0 spiro atoms. The van der Waals surface area contributed by atoms with Gasteiger partial charge in [-0.15, -0.1) is 10.2 Å². The Morgan fingerprint density at radius 2 is 2.21 bits per heavy atom. The van der Waals surface area contributed by atoms with Crippen molar-refractivity contribution in [1.82, 2.24) is 30.5 Å². The van der Waals surface area contributed by atoms with E-state index in [1.165, 1.54) is 29.3 Å². The second-order valence-electron chi connectivity index (χ2n) is 4.58. The van der Waals surface area contributed by atoms with Crippen molar-refractivity contribution >= 4 is 11.5 Å². The number of hydroxylamine groups is 1. The van der Waals surface area contributed by atoms with Crippen LogP contribution in [0.1, 0.15) is 23.4 Å². The third-order valence-electron chi connectivity index (χ3n) is 3.04. The SMILES string of the molecule is N=C(c1nonc1Cn1ncnn1)N(O)c1cccc(C(F)F)c1. The summed E-state index contributed by atoms with van der Waals surface area (Å²) in [4.78, 5) is 1.18. The van der Waals surface area contributed by atoms with E-state index in [2.05, 4.69) is 30.4 Å². The third kappa shape index (κ3) is 3.08. The van der Waals surface area contributed by atoms with Crippen molar-refractivity contribution in [3.63, 3.8) is 0 Å². The summed E-state index contributed by atoms with van der Waals surface area (Å²) >= 11 is 0. The molecule has 0 aliphatic carbocycles. The monoisotopic (exact) mass is 336 g/mol. The molecule has 24 heavy (non-hydrogen) atoms. The summed E-state index contributed by atoms with van der Waals surface area (Å²) in [5.74, 6) is -0.502. The molecular formula is C12H10F2N8O2. The number of halogens is 2. The molecule has 3 aromatic rings. The normalized spacial score (nSPS) is 11.0. The van der Waals surface area contributed by atoms with Crippen LogP contribution in [0.3, 0.4) is 0 Å². The van der Waals surface area contributed by atoms with E-state index in [9.17, 15) is 14.0 Å². The standard InChI is InChI=1S/C12H10F2N8O2/c13-11(14)7-2-1-3-8(4-7)22(23)12(15)10-9(18-24-19-10)5-21-17-6-16-20-21/h1-4,6,11,15,23H,5H2. The van der Waals surface area contributed by atoms with Gasteiger partial charge >= 0.3 is 0 Å². The smallest absolute Gasteiger partial charge is 0.263 e. The summed E-state index contributed by atoms with van der Waals surface area (Å²) < 4.78 is 30.1. The molecule has 0 bridgehead atoms. The number of rotatable bonds is 5. The van der Waals surface area contributed by atoms with Gasteiger partial charge in [0.15, 0.2) is 17.9 Å². The highest BCUT2D eigenvalue weighted by molar-refractivity contribution is 6.05. The zero-order valence-electron chi connectivity index (χ0n) is 11.9. The fourth-order valence-electron chi connectivity index (χ4n) is 1.91. The molecule has 1 aromatic carbocycles. The fourth-order valence-corrected chi connectivity index (χ4v) is 1.91. The lowest BCUT2D eigenvalue weighted by molar-refractivity contribution is 0.151. The molecule has 0 fully saturated rings. The van der Waals surface area contributed by atoms with Gasteiger partial charge < -0.3 is 0 Å². The summed E-state index contributed by atoms with van der Waals surface area (Å²) in [6.07, 6.45) is -1.48. The Bertz CT molecular complexity index is 835. The molecule has 0 atom stereocenters. The molecule has 0 aliphatic rings. The van der Waals surface area contributed by atoms with Gasteiger partial charge in [-0.05, 0) is 22.5 Å². The zero-order chi connectivity index (χ0) is 17.1. The maximum atomic E-state index is 12.7. The number of aromatic nitrogens is 6. The van der Waals surface area contributed by atoms with Gasteiger partial charge in [0.25, 0.3) is 6.43 Å². The second kappa shape index (κ2) is 6.45. The Hall–Kier alpha value is -3.28. The van der Waals surface area contributed by atoms with Gasteiger partial charge in [-0.2, -0.15) is 4.80 Å². The Morgan fingerprint density at radius 1 is 1.38 bits per heavy atom. The highest BCUT2D eigenvalue weighted by Gasteiger charge is 2.22. The van der Waals surface area contributed by atoms with Gasteiger partial charge in [0, 0.05) is 5.56 Å². The summed E-state index contributed by atoms with van der Waals surface area (Å²) in [6.45, 7) is 0.00608. The van der Waals surface area contributed by atoms with Crippen LogP contribution in [0.5, 0.6) is 0 Å². The van der Waals surface area contributed by atoms with Crippen LogP contribution in [0.4, 0.5) is 14.5 Å². The van der Waals surface area contributed by atoms with Gasteiger partial charge in [-0.25, -0.2) is 18.5 Å². The maximum absolute atomic E-state index is 12.7. The average Bonchev–Trinajstić information content (AvgIpc) is 3.26. The predicted octanol–water partition coefficient (Wildman–Crippen LogP) is 1.26. The molecule has 2 N–H and O–H groups in total. The van der Waals surface area contributed by atoms with Gasteiger partial charge in [-0.3, -0.25) is 10.6 Å². The third-order valence-corrected chi connectivity index (χ3v) is 3.04. The summed E-state index contributed by atoms with van der Waals surface area (Å²) in [5.41, 5.74) is -0.227. The van der Waals surface area contributed by atoms with Crippen LogP contribution < -0.4 is 5.06 Å². The molecule has 12 heteroatoms. The first-order chi connectivity index (χ1) is 11.6. The molecule has 0 saturated heterocycles. The molecule has 0 saturated carbocycles. The number of amidine groups is 1. The second-order valence-corrected chi connectivity index (χ2v) is 4.58. The molecule has 124 valence electrons. The van der Waals surface area contributed by atoms with Crippen LogP contribution in [-0.4, -0.2) is 41.6 Å². The molecular weight excluding hydrogens is 326 g/mol. The maximum Gasteiger partial charge on any atom is 0.263 e. The number of nitrogens with one attached hydrogen (secondary N) is 1. The first-order valence-electron chi connectivity index (χ1n) is 6.54. The number of hydrogen-bond donors (Lipinski definition) is 2. The Kier molecular flexibility index (Phi) is 4.20. The largest absolute Gasteiger partial charge is 0.282 e. The lowest BCUT2D eigenvalue weighted by Crippen LogP contribution is -2.28. The number of hydrogen-bond acceptors (Lipinski definition) is 8. The van der Waals surface area contributed by atoms with Crippen molar-refractivity contribution in [2.24, 2.45) is 0 Å². The summed E-state index contributed by atoms with van der Waals surface area (Å²) in [7, 11) is 0. The van der Waals surface area contributed by atoms with E-state index in [1.807, 2.05) is 0 Å². The van der Waals surface area contributed by atoms with E-state index in [1.54, 1.807) is 0 Å². The summed E-state index contributed by atoms with van der Waals surface area (Å²) in [5, 5.41) is 36.6. The Labute approximate surface area is 132 Å². The van der Waals surface area contributed by atoms with Crippen LogP contribution >= 0.6 is 0 Å². The number of benzene rings is 1. The molecule has 2 heterocycles. The first-order valence-corrected chi connectivity index (χ1v) is 6.54. The minimum absolute atomic E-state index is 0.00608. The topological polar surface area (TPSA) is 130 Å². The highest BCUT2D eigenvalue weighted by atomic mass is 19.3. The lowest BCUT2D eigenvalue weighted by atomic mass is 10.2. The van der Waals surface area contributed by atoms with E-state index < -0.39 is 12.3 Å². The molecule has 0 amide bonds. The van der Waals surface area contributed by atoms with E-state index in [0.717, 1.165) is 6.07 Å². The quantitative estimate of drug-likeness (QED) is 0.404. The van der Waals surface area contributed by atoms with E-state index in [0.29, 0.717) is 5.06 Å². The van der Waals surface area contributed by atoms with Crippen LogP contribution in [0.15, 0.2) is 35.2 Å². The summed E-state index contributed by atoms with van der Waals surface area (Å²) in [6, 6.07) is 4.98. The van der Waals surface area contributed by atoms with Gasteiger partial charge in [0.05, 0.1) is 5.69 Å². The fraction of sp³-hybridized carbons (Fsp3) is 0.167. The zero-order valence-corrected chi connectivity index (χ0v) is 11.9. The minimum Gasteiger partial charge on any atom is -0.282 e. The van der Waals surface area contributed by atoms with Crippen LogP contribution in [0.2, 0.25) is 0 Å². The van der Waals surface area contributed by atoms with E-state index in [-0.39, 0.29) is 29.2 Å². The molecule has 3 rings (SSSR count). The predicted molar refractivity (Wildman–Crippen MR) is 73.7 cm³/mol. The van der Waals surface area contributed by atoms with Crippen LogP contribution in [0.25, 0.3) is 0 Å². The lowest BCUT2D eigenvalue weighted by Gasteiger charge is -2.17. The van der Waals surface area contributed by atoms with Crippen molar-refractivity contribution in [2.75, 3.05) is 5.06 Å². The van der Waals surface area contributed by atoms with Crippen molar-refractivity contribution in [3.05, 3.63) is 47.5 Å². The van der Waals surface area contributed by atoms with Crippen molar-refractivity contribution in [3.8, 4) is 0 Å². The van der Waals surface area contributed by atoms with E-state index >= 15 is 0 Å². The Balaban J connectivity index is 1.84. The van der Waals surface area contributed by atoms with Crippen LogP contribution in [0, 0.1) is 5.41 Å². The minimum atomic E-state index is -2.70. The molecule has 0 aliphatic heterocycles. The van der Waals surface area contributed by atoms with Crippen molar-refractivity contribution in [1.29, 1.82) is 5.41 Å². The number of nitrogens with zero attached hydrogens (tertiary/aromatic N) is 7. The van der Waals surface area contributed by atoms with E-state index in [4.69, 9.17) is 5.41 Å². The van der Waals surface area contributed by atoms with Crippen molar-refractivity contribution in [2.45, 2.75) is 13.0 Å². The van der Waals surface area contributed by atoms with Gasteiger partial charge in [-0.1, -0.05) is 17.3 Å². The number of anilines is 1. The average molecular weight is 336 g/mol. The number of alkyl halides is 2. The molecule has 0 unspecified atom stereocenters. The van der Waals surface area contributed by atoms with Crippen LogP contribution in [-0.2, 0) is 6.54 Å². The Morgan fingerprint density at radius 3 is 2.92 bits per heavy atom. The number of tetrazole rings is 1. The highest BCUT2D eigenvalue weighted by Crippen LogP contribution is 2.24. The first kappa shape index (κ1) is 15.6. The molecule has 2 aromatic heterocycles. The van der Waals surface area contributed by atoms with Gasteiger partial charge in [0.1, 0.15) is 12.2 Å². The van der Waals surface area contributed by atoms with Gasteiger partial charge in [0.2, 0.25) is 0 Å². The molecule has 0 radical (unpaired) electrons. The molecule has 10 nitrogen and oxygen atoms in total. The van der Waals surface area contributed by atoms with Crippen molar-refractivity contribution < 1.29 is 18.6 Å².